The molecule has 3 aromatic rings. The maximum Gasteiger partial charge on any atom is 0.283 e. The molecule has 160 valence electrons. The maximum atomic E-state index is 10.5. The van der Waals surface area contributed by atoms with Gasteiger partial charge in [-0.2, -0.15) is 0 Å². The van der Waals surface area contributed by atoms with E-state index in [1.54, 1.807) is 0 Å². The van der Waals surface area contributed by atoms with Gasteiger partial charge in [0.15, 0.2) is 0 Å². The van der Waals surface area contributed by atoms with Crippen molar-refractivity contribution >= 4 is 7.48 Å². The minimum absolute atomic E-state index is 0.305. The van der Waals surface area contributed by atoms with E-state index in [2.05, 4.69) is 73.7 Å². The lowest BCUT2D eigenvalue weighted by molar-refractivity contribution is -0.0910. The van der Waals surface area contributed by atoms with Crippen molar-refractivity contribution in [3.63, 3.8) is 0 Å². The van der Waals surface area contributed by atoms with Crippen molar-refractivity contribution in [2.75, 3.05) is 0 Å². The van der Waals surface area contributed by atoms with Crippen LogP contribution in [0.1, 0.15) is 63.5 Å². The Bertz CT molecular complexity index is 1060. The van der Waals surface area contributed by atoms with Gasteiger partial charge in [0.1, 0.15) is 0 Å². The van der Waals surface area contributed by atoms with E-state index >= 15 is 0 Å². The monoisotopic (exact) mass is 412 g/mol. The lowest BCUT2D eigenvalue weighted by Crippen LogP contribution is -2.48. The molecule has 0 aromatic heterocycles. The van der Waals surface area contributed by atoms with Crippen LogP contribution in [0.5, 0.6) is 0 Å². The first kappa shape index (κ1) is 21.9. The smallest absolute Gasteiger partial charge is 0.283 e. The van der Waals surface area contributed by atoms with E-state index in [4.69, 9.17) is 4.65 Å². The van der Waals surface area contributed by atoms with Crippen LogP contribution in [0.25, 0.3) is 22.3 Å². The van der Waals surface area contributed by atoms with E-state index in [0.717, 1.165) is 12.8 Å². The Morgan fingerprint density at radius 3 is 2.32 bits per heavy atom. The van der Waals surface area contributed by atoms with Crippen LogP contribution in [0, 0.1) is 0 Å². The standard InChI is InChI=1S/C28H33BO2/c1-6-26(29-31-28(4,5)27(2,3)30)23-14-10-13-22-24-17-20(19-11-8-7-9-12-19)15-16-21(24)18-25(22)23/h7-17,26,29-30H,6,18H2,1-5H3. The summed E-state index contributed by atoms with van der Waals surface area (Å²) in [5, 5.41) is 10.5. The lowest BCUT2D eigenvalue weighted by atomic mass is 9.70. The molecule has 3 aromatic carbocycles. The summed E-state index contributed by atoms with van der Waals surface area (Å²) in [6.45, 7) is 9.79. The van der Waals surface area contributed by atoms with E-state index in [-0.39, 0.29) is 0 Å². The summed E-state index contributed by atoms with van der Waals surface area (Å²) in [6.07, 6.45) is 1.98. The van der Waals surface area contributed by atoms with E-state index in [9.17, 15) is 5.11 Å². The van der Waals surface area contributed by atoms with Crippen molar-refractivity contribution in [2.45, 2.75) is 64.5 Å². The van der Waals surface area contributed by atoms with Crippen molar-refractivity contribution in [3.05, 3.63) is 83.4 Å². The van der Waals surface area contributed by atoms with Gasteiger partial charge < -0.3 is 9.76 Å². The summed E-state index contributed by atoms with van der Waals surface area (Å²) < 4.78 is 6.27. The average molecular weight is 412 g/mol. The molecule has 31 heavy (non-hydrogen) atoms. The Labute approximate surface area is 187 Å². The van der Waals surface area contributed by atoms with Gasteiger partial charge in [0.2, 0.25) is 0 Å². The van der Waals surface area contributed by atoms with Gasteiger partial charge in [0, 0.05) is 0 Å². The zero-order valence-corrected chi connectivity index (χ0v) is 19.4. The number of benzene rings is 3. The first-order valence-electron chi connectivity index (χ1n) is 11.4. The highest BCUT2D eigenvalue weighted by atomic mass is 16.5. The molecule has 0 aliphatic heterocycles. The molecule has 0 saturated heterocycles. The van der Waals surface area contributed by atoms with Gasteiger partial charge in [-0.15, -0.1) is 0 Å². The molecule has 0 bridgehead atoms. The molecule has 1 atom stereocenters. The predicted molar refractivity (Wildman–Crippen MR) is 132 cm³/mol. The molecule has 4 rings (SSSR count). The zero-order valence-electron chi connectivity index (χ0n) is 19.4. The molecular formula is C28H33BO2. The van der Waals surface area contributed by atoms with Crippen LogP contribution in [-0.4, -0.2) is 23.8 Å². The number of hydrogen-bond donors (Lipinski definition) is 1. The molecule has 1 unspecified atom stereocenters. The number of rotatable bonds is 7. The topological polar surface area (TPSA) is 29.5 Å². The summed E-state index contributed by atoms with van der Waals surface area (Å²) >= 11 is 0. The van der Waals surface area contributed by atoms with Crippen LogP contribution < -0.4 is 0 Å². The fourth-order valence-electron chi connectivity index (χ4n) is 4.33. The van der Waals surface area contributed by atoms with Gasteiger partial charge in [0.25, 0.3) is 7.48 Å². The quantitative estimate of drug-likeness (QED) is 0.361. The van der Waals surface area contributed by atoms with Gasteiger partial charge in [-0.3, -0.25) is 0 Å². The summed E-state index contributed by atoms with van der Waals surface area (Å²) in [5.41, 5.74) is 7.93. The number of hydrogen-bond acceptors (Lipinski definition) is 2. The van der Waals surface area contributed by atoms with Crippen LogP contribution >= 0.6 is 0 Å². The summed E-state index contributed by atoms with van der Waals surface area (Å²) in [7, 11) is 0.607. The fourth-order valence-corrected chi connectivity index (χ4v) is 4.33. The highest BCUT2D eigenvalue weighted by Crippen LogP contribution is 2.42. The van der Waals surface area contributed by atoms with Gasteiger partial charge in [-0.05, 0) is 84.9 Å². The molecule has 0 fully saturated rings. The third-order valence-corrected chi connectivity index (χ3v) is 7.14. The molecule has 0 radical (unpaired) electrons. The summed E-state index contributed by atoms with van der Waals surface area (Å²) in [4.78, 5) is 0. The first-order valence-corrected chi connectivity index (χ1v) is 11.4. The fraction of sp³-hybridized carbons (Fsp3) is 0.357. The minimum atomic E-state index is -0.895. The SMILES string of the molecule is CCC(BOC(C)(C)C(C)(C)O)c1cccc2c1Cc1ccc(-c3ccccc3)cc1-2. The molecule has 2 nitrogen and oxygen atoms in total. The first-order chi connectivity index (χ1) is 14.7. The van der Waals surface area contributed by atoms with Gasteiger partial charge >= 0.3 is 0 Å². The largest absolute Gasteiger partial charge is 0.431 e. The third kappa shape index (κ3) is 4.22. The van der Waals surface area contributed by atoms with E-state index in [0.29, 0.717) is 13.3 Å². The van der Waals surface area contributed by atoms with Crippen LogP contribution in [-0.2, 0) is 11.1 Å². The van der Waals surface area contributed by atoms with Crippen LogP contribution in [0.3, 0.4) is 0 Å². The van der Waals surface area contributed by atoms with E-state index in [1.165, 1.54) is 38.9 Å². The molecule has 0 saturated carbocycles. The predicted octanol–water partition coefficient (Wildman–Crippen LogP) is 6.29. The van der Waals surface area contributed by atoms with Crippen LogP contribution in [0.15, 0.2) is 66.7 Å². The normalized spacial score (nSPS) is 14.1. The number of fused-ring (bicyclic) bond motifs is 3. The minimum Gasteiger partial charge on any atom is -0.431 e. The van der Waals surface area contributed by atoms with E-state index < -0.39 is 11.2 Å². The lowest BCUT2D eigenvalue weighted by Gasteiger charge is -2.38. The Hall–Kier alpha value is -2.36. The molecule has 0 amide bonds. The van der Waals surface area contributed by atoms with Crippen molar-refractivity contribution in [1.82, 2.24) is 0 Å². The van der Waals surface area contributed by atoms with Crippen molar-refractivity contribution in [1.29, 1.82) is 0 Å². The van der Waals surface area contributed by atoms with Gasteiger partial charge in [0.05, 0.1) is 11.2 Å². The molecule has 0 heterocycles. The molecule has 1 aliphatic rings. The Kier molecular flexibility index (Phi) is 5.85. The van der Waals surface area contributed by atoms with Gasteiger partial charge in [-0.25, -0.2) is 0 Å². The highest BCUT2D eigenvalue weighted by molar-refractivity contribution is 6.30. The molecular weight excluding hydrogens is 379 g/mol. The summed E-state index contributed by atoms with van der Waals surface area (Å²) in [5.74, 6) is 0.305. The maximum absolute atomic E-state index is 10.5. The summed E-state index contributed by atoms with van der Waals surface area (Å²) in [6, 6.07) is 24.2. The Morgan fingerprint density at radius 1 is 0.903 bits per heavy atom. The second-order valence-electron chi connectivity index (χ2n) is 9.77. The van der Waals surface area contributed by atoms with Crippen molar-refractivity contribution < 1.29 is 9.76 Å². The second-order valence-corrected chi connectivity index (χ2v) is 9.77. The molecule has 1 aliphatic carbocycles. The Morgan fingerprint density at radius 2 is 1.65 bits per heavy atom. The molecule has 1 N–H and O–H groups in total. The highest BCUT2D eigenvalue weighted by Gasteiger charge is 2.37. The van der Waals surface area contributed by atoms with Gasteiger partial charge in [-0.1, -0.05) is 74.0 Å². The molecule has 3 heteroatoms. The third-order valence-electron chi connectivity index (χ3n) is 7.14. The van der Waals surface area contributed by atoms with Crippen molar-refractivity contribution in [2.24, 2.45) is 0 Å². The number of aliphatic hydroxyl groups is 1. The molecule has 0 spiro atoms. The van der Waals surface area contributed by atoms with Crippen LogP contribution in [0.2, 0.25) is 0 Å². The average Bonchev–Trinajstić information content (AvgIpc) is 3.12. The Balaban J connectivity index is 1.65. The zero-order chi connectivity index (χ0) is 22.2. The van der Waals surface area contributed by atoms with Crippen molar-refractivity contribution in [3.8, 4) is 22.3 Å². The second kappa shape index (κ2) is 8.29. The van der Waals surface area contributed by atoms with Crippen LogP contribution in [0.4, 0.5) is 0 Å². The van der Waals surface area contributed by atoms with E-state index in [1.807, 2.05) is 27.7 Å².